The number of primary amides is 1. The Morgan fingerprint density at radius 3 is 2.55 bits per heavy atom. The first kappa shape index (κ1) is 36.7. The fraction of sp³-hybridized carbons (Fsp3) is 0.591. The second-order valence-electron chi connectivity index (χ2n) is 18.1. The number of amides is 1. The molecule has 0 radical (unpaired) electrons. The molecule has 5 aliphatic heterocycles. The summed E-state index contributed by atoms with van der Waals surface area (Å²) in [6.07, 6.45) is 7.06. The minimum atomic E-state index is -2.27. The van der Waals surface area contributed by atoms with Gasteiger partial charge >= 0.3 is 5.97 Å². The Morgan fingerprint density at radius 2 is 1.84 bits per heavy atom. The molecule has 11 heteroatoms. The van der Waals surface area contributed by atoms with E-state index in [9.17, 15) is 15.0 Å². The van der Waals surface area contributed by atoms with E-state index in [1.165, 1.54) is 7.11 Å². The lowest BCUT2D eigenvalue weighted by molar-refractivity contribution is -0.201. The quantitative estimate of drug-likeness (QED) is 0.217. The van der Waals surface area contributed by atoms with Crippen LogP contribution in [0.15, 0.2) is 48.6 Å². The van der Waals surface area contributed by atoms with Gasteiger partial charge < -0.3 is 40.2 Å². The number of esters is 1. The zero-order chi connectivity index (χ0) is 38.9. The fourth-order valence-corrected chi connectivity index (χ4v) is 13.3. The first-order valence-electron chi connectivity index (χ1n) is 20.3. The predicted octanol–water partition coefficient (Wildman–Crippen LogP) is 4.01. The van der Waals surface area contributed by atoms with Gasteiger partial charge in [0.15, 0.2) is 5.60 Å². The maximum atomic E-state index is 15.3. The van der Waals surface area contributed by atoms with Crippen molar-refractivity contribution < 1.29 is 29.3 Å². The molecular weight excluding hydrogens is 695 g/mol. The monoisotopic (exact) mass is 751 g/mol. The van der Waals surface area contributed by atoms with E-state index in [-0.39, 0.29) is 23.3 Å². The average molecular weight is 752 g/mol. The molecule has 294 valence electrons. The number of aliphatic hydroxyl groups excluding tert-OH is 1. The highest BCUT2D eigenvalue weighted by Crippen LogP contribution is 2.67. The average Bonchev–Trinajstić information content (AvgIpc) is 3.84. The second-order valence-corrected chi connectivity index (χ2v) is 18.1. The van der Waals surface area contributed by atoms with Crippen LogP contribution in [0.5, 0.6) is 5.75 Å². The normalized spacial score (nSPS) is 39.0. The first-order chi connectivity index (χ1) is 26.3. The predicted molar refractivity (Wildman–Crippen MR) is 211 cm³/mol. The molecule has 1 aliphatic carbocycles. The van der Waals surface area contributed by atoms with Crippen molar-refractivity contribution in [1.82, 2.24) is 14.8 Å². The molecule has 1 aromatic heterocycles. The minimum absolute atomic E-state index is 0.0925. The molecule has 9 rings (SSSR count). The zero-order valence-electron chi connectivity index (χ0n) is 33.2. The van der Waals surface area contributed by atoms with Crippen molar-refractivity contribution in [2.45, 2.75) is 93.9 Å². The summed E-state index contributed by atoms with van der Waals surface area (Å²) in [5, 5.41) is 26.2. The van der Waals surface area contributed by atoms with Gasteiger partial charge in [-0.2, -0.15) is 0 Å². The van der Waals surface area contributed by atoms with Gasteiger partial charge in [0.2, 0.25) is 0 Å². The highest BCUT2D eigenvalue weighted by molar-refractivity contribution is 5.95. The molecule has 55 heavy (non-hydrogen) atoms. The van der Waals surface area contributed by atoms with Gasteiger partial charge in [0.1, 0.15) is 17.3 Å². The minimum Gasteiger partial charge on any atom is -0.496 e. The van der Waals surface area contributed by atoms with Crippen LogP contribution in [-0.4, -0.2) is 115 Å². The number of nitrogens with two attached hydrogens (primary N) is 1. The number of carbonyl (C=O) groups excluding carboxylic acids is 2. The Balaban J connectivity index is 1.36. The Kier molecular flexibility index (Phi) is 8.21. The Hall–Kier alpha value is -3.90. The number of aliphatic hydroxyl groups is 2. The van der Waals surface area contributed by atoms with E-state index in [1.807, 2.05) is 37.1 Å². The summed E-state index contributed by atoms with van der Waals surface area (Å²) < 4.78 is 12.3. The number of methoxy groups -OCH3 is 2. The van der Waals surface area contributed by atoms with Crippen LogP contribution in [0.1, 0.15) is 75.3 Å². The summed E-state index contributed by atoms with van der Waals surface area (Å²) >= 11 is 0. The number of nitrogens with one attached hydrogen (secondary N) is 1. The maximum absolute atomic E-state index is 15.3. The zero-order valence-corrected chi connectivity index (χ0v) is 33.2. The number of hydrogen-bond donors (Lipinski definition) is 4. The number of aromatic nitrogens is 1. The number of para-hydroxylation sites is 1. The molecular formula is C44H57N5O6. The molecule has 2 aromatic carbocycles. The molecule has 2 bridgehead atoms. The van der Waals surface area contributed by atoms with Crippen molar-refractivity contribution in [3.05, 3.63) is 70.9 Å². The first-order valence-corrected chi connectivity index (χ1v) is 20.3. The lowest BCUT2D eigenvalue weighted by Crippen LogP contribution is -2.81. The smallest absolute Gasteiger partial charge is 0.322 e. The summed E-state index contributed by atoms with van der Waals surface area (Å²) in [5.74, 6) is -0.583. The SMILES string of the molecule is CC[C@]1(C)C[C@@H]2CN(CCc3c([nH]c4ccccc34)[C@@](C(=O)OC)(c3cc4c(cc3OC)N(C)[C@H]3[C@@](O)(C(N)=O)[C@H](O)[C@]5(CC)C=CCN6CC[C@]43[C@@H]65)C2)C1. The van der Waals surface area contributed by atoms with Gasteiger partial charge in [-0.1, -0.05) is 51.1 Å². The van der Waals surface area contributed by atoms with Crippen molar-refractivity contribution in [2.75, 3.05) is 58.9 Å². The third kappa shape index (κ3) is 4.52. The number of aromatic amines is 1. The number of carbonyl (C=O) groups is 2. The van der Waals surface area contributed by atoms with E-state index in [2.05, 4.69) is 59.0 Å². The van der Waals surface area contributed by atoms with E-state index in [4.69, 9.17) is 15.2 Å². The number of anilines is 1. The van der Waals surface area contributed by atoms with Gasteiger partial charge in [0.05, 0.1) is 20.3 Å². The number of piperidine rings is 1. The Morgan fingerprint density at radius 1 is 1.05 bits per heavy atom. The van der Waals surface area contributed by atoms with Crippen molar-refractivity contribution in [3.63, 3.8) is 0 Å². The number of hydrogen-bond acceptors (Lipinski definition) is 9. The second kappa shape index (κ2) is 12.3. The van der Waals surface area contributed by atoms with E-state index in [0.29, 0.717) is 38.1 Å². The van der Waals surface area contributed by atoms with Gasteiger partial charge in [-0.15, -0.1) is 0 Å². The number of benzene rings is 2. The summed E-state index contributed by atoms with van der Waals surface area (Å²) in [7, 11) is 5.01. The van der Waals surface area contributed by atoms with E-state index < -0.39 is 39.9 Å². The number of ether oxygens (including phenoxy) is 2. The van der Waals surface area contributed by atoms with Crippen LogP contribution in [0.2, 0.25) is 0 Å². The molecule has 5 N–H and O–H groups in total. The molecule has 1 spiro atoms. The van der Waals surface area contributed by atoms with Crippen molar-refractivity contribution in [2.24, 2.45) is 22.5 Å². The maximum Gasteiger partial charge on any atom is 0.322 e. The Bertz CT molecular complexity index is 2120. The topological polar surface area (TPSA) is 145 Å². The largest absolute Gasteiger partial charge is 0.496 e. The number of fused-ring (bicyclic) bond motifs is 6. The molecule has 2 saturated heterocycles. The van der Waals surface area contributed by atoms with E-state index in [0.717, 1.165) is 77.9 Å². The highest BCUT2D eigenvalue weighted by Gasteiger charge is 2.78. The van der Waals surface area contributed by atoms with E-state index >= 15 is 4.79 Å². The van der Waals surface area contributed by atoms with Gasteiger partial charge in [0.25, 0.3) is 5.91 Å². The number of nitrogens with zero attached hydrogens (tertiary/aromatic N) is 3. The van der Waals surface area contributed by atoms with Crippen LogP contribution in [0.4, 0.5) is 5.69 Å². The third-order valence-electron chi connectivity index (χ3n) is 15.6. The Labute approximate surface area is 323 Å². The fourth-order valence-electron chi connectivity index (χ4n) is 13.3. The highest BCUT2D eigenvalue weighted by atomic mass is 16.5. The van der Waals surface area contributed by atoms with Crippen LogP contribution >= 0.6 is 0 Å². The molecule has 1 amide bonds. The van der Waals surface area contributed by atoms with Crippen molar-refractivity contribution >= 4 is 28.5 Å². The van der Waals surface area contributed by atoms with Crippen LogP contribution in [0.3, 0.4) is 0 Å². The lowest BCUT2D eigenvalue weighted by Gasteiger charge is -2.63. The molecule has 1 saturated carbocycles. The lowest BCUT2D eigenvalue weighted by atomic mass is 9.47. The molecule has 6 heterocycles. The van der Waals surface area contributed by atoms with Gasteiger partial charge in [-0.25, -0.2) is 0 Å². The van der Waals surface area contributed by atoms with E-state index in [1.54, 1.807) is 7.11 Å². The van der Waals surface area contributed by atoms with Crippen molar-refractivity contribution in [3.8, 4) is 5.75 Å². The molecule has 3 aromatic rings. The summed E-state index contributed by atoms with van der Waals surface area (Å²) in [6.45, 7) is 10.9. The number of rotatable bonds is 6. The molecule has 3 fully saturated rings. The number of H-pyrrole nitrogens is 1. The molecule has 10 atom stereocenters. The van der Waals surface area contributed by atoms with Crippen LogP contribution in [0.25, 0.3) is 10.9 Å². The number of likely N-dealkylation sites (N-methyl/N-ethyl adjacent to an activating group) is 1. The van der Waals surface area contributed by atoms with Gasteiger partial charge in [-0.3, -0.25) is 14.5 Å². The van der Waals surface area contributed by atoms with Crippen LogP contribution in [-0.2, 0) is 31.6 Å². The van der Waals surface area contributed by atoms with Crippen molar-refractivity contribution in [1.29, 1.82) is 0 Å². The standard InChI is InChI=1S/C44H57N5O6/c1-7-40(3)22-26-23-43(39(52)55-6,34-28(14-18-48(24-26)25-40)27-12-9-10-13-31(27)46-34)30-20-29-32(21-33(30)54-5)47(4)36-42(29)16-19-49-17-11-15-41(8-2,35(42)49)37(50)44(36,53)38(45)51/h9-13,15,20-21,26,35-37,46,50,53H,7-8,14,16-19,22-25H2,1-6H3,(H2,45,51)/t26-,35-,36+,37+,40+,41+,42+,43-,44-/m0/s1. The van der Waals surface area contributed by atoms with Gasteiger partial charge in [0, 0.05) is 84.0 Å². The van der Waals surface area contributed by atoms with Gasteiger partial charge in [-0.05, 0) is 79.7 Å². The molecule has 11 nitrogen and oxygen atoms in total. The summed E-state index contributed by atoms with van der Waals surface area (Å²) in [6, 6.07) is 11.4. The summed E-state index contributed by atoms with van der Waals surface area (Å²) in [5.41, 5.74) is 6.34. The summed E-state index contributed by atoms with van der Waals surface area (Å²) in [4.78, 5) is 39.7. The molecule has 6 aliphatic rings. The third-order valence-corrected chi connectivity index (χ3v) is 15.6. The molecule has 1 unspecified atom stereocenters. The van der Waals surface area contributed by atoms with Crippen LogP contribution < -0.4 is 15.4 Å². The van der Waals surface area contributed by atoms with Crippen LogP contribution in [0, 0.1) is 16.7 Å².